The van der Waals surface area contributed by atoms with Gasteiger partial charge in [-0.15, -0.1) is 0 Å². The summed E-state index contributed by atoms with van der Waals surface area (Å²) in [4.78, 5) is 22.4. The Labute approximate surface area is 125 Å². The summed E-state index contributed by atoms with van der Waals surface area (Å²) in [5.41, 5.74) is 0.245. The fourth-order valence-electron chi connectivity index (χ4n) is 2.04. The molecule has 0 atom stereocenters. The number of ether oxygens (including phenoxy) is 1. The van der Waals surface area contributed by atoms with Gasteiger partial charge in [0.05, 0.1) is 11.5 Å². The number of carbonyl (C=O) groups excluding carboxylic acids is 1. The van der Waals surface area contributed by atoms with Gasteiger partial charge in [-0.2, -0.15) is 0 Å². The smallest absolute Gasteiger partial charge is 0.311 e. The van der Waals surface area contributed by atoms with Crippen LogP contribution in [0.2, 0.25) is 0 Å². The molecular formula is C16H23NO4. The second kappa shape index (κ2) is 9.10. The molecule has 0 unspecified atom stereocenters. The summed E-state index contributed by atoms with van der Waals surface area (Å²) >= 11 is 0. The molecule has 0 heterocycles. The molecule has 0 fully saturated rings. The van der Waals surface area contributed by atoms with Crippen LogP contribution in [0.3, 0.4) is 0 Å². The quantitative estimate of drug-likeness (QED) is 0.275. The fourth-order valence-corrected chi connectivity index (χ4v) is 2.04. The van der Waals surface area contributed by atoms with E-state index in [1.807, 2.05) is 6.92 Å². The molecule has 0 aliphatic heterocycles. The molecule has 1 aromatic carbocycles. The standard InChI is InChI=1S/C16H23NO4/c1-3-5-6-7-11-21-16-10-9-13(15(18)8-4-2)12-14(16)17(19)20/h9-10,12H,3-8,11H2,1-2H3. The van der Waals surface area contributed by atoms with Crippen molar-refractivity contribution in [3.05, 3.63) is 33.9 Å². The number of ketones is 1. The minimum atomic E-state index is -0.496. The molecular weight excluding hydrogens is 270 g/mol. The van der Waals surface area contributed by atoms with E-state index >= 15 is 0 Å². The van der Waals surface area contributed by atoms with Crippen LogP contribution in [0, 0.1) is 10.1 Å². The van der Waals surface area contributed by atoms with E-state index in [2.05, 4.69) is 6.92 Å². The van der Waals surface area contributed by atoms with Crippen molar-refractivity contribution in [1.29, 1.82) is 0 Å². The van der Waals surface area contributed by atoms with Crippen molar-refractivity contribution >= 4 is 11.5 Å². The van der Waals surface area contributed by atoms with Crippen LogP contribution in [-0.4, -0.2) is 17.3 Å². The normalized spacial score (nSPS) is 10.4. The first-order chi connectivity index (χ1) is 10.1. The summed E-state index contributed by atoms with van der Waals surface area (Å²) in [6.07, 6.45) is 5.32. The van der Waals surface area contributed by atoms with Crippen molar-refractivity contribution in [2.45, 2.75) is 52.4 Å². The predicted molar refractivity (Wildman–Crippen MR) is 82.0 cm³/mol. The van der Waals surface area contributed by atoms with E-state index < -0.39 is 4.92 Å². The van der Waals surface area contributed by atoms with Crippen LogP contribution in [0.15, 0.2) is 18.2 Å². The number of rotatable bonds is 10. The van der Waals surface area contributed by atoms with Crippen molar-refractivity contribution in [3.63, 3.8) is 0 Å². The second-order valence-corrected chi connectivity index (χ2v) is 5.02. The molecule has 1 aromatic rings. The molecule has 21 heavy (non-hydrogen) atoms. The van der Waals surface area contributed by atoms with Crippen molar-refractivity contribution in [1.82, 2.24) is 0 Å². The predicted octanol–water partition coefficient (Wildman–Crippen LogP) is 4.54. The van der Waals surface area contributed by atoms with Crippen LogP contribution < -0.4 is 4.74 Å². The molecule has 0 saturated heterocycles. The number of hydrogen-bond donors (Lipinski definition) is 0. The Balaban J connectivity index is 2.75. The lowest BCUT2D eigenvalue weighted by Crippen LogP contribution is -2.04. The first-order valence-corrected chi connectivity index (χ1v) is 7.54. The topological polar surface area (TPSA) is 69.4 Å². The molecule has 0 aliphatic rings. The number of hydrogen-bond acceptors (Lipinski definition) is 4. The van der Waals surface area contributed by atoms with Gasteiger partial charge in [0.1, 0.15) is 0 Å². The van der Waals surface area contributed by atoms with Gasteiger partial charge in [0.2, 0.25) is 0 Å². The third-order valence-corrected chi connectivity index (χ3v) is 3.21. The summed E-state index contributed by atoms with van der Waals surface area (Å²) in [5, 5.41) is 11.1. The molecule has 0 radical (unpaired) electrons. The van der Waals surface area contributed by atoms with E-state index in [-0.39, 0.29) is 17.2 Å². The maximum Gasteiger partial charge on any atom is 0.311 e. The summed E-state index contributed by atoms with van der Waals surface area (Å²) in [7, 11) is 0. The molecule has 0 bridgehead atoms. The van der Waals surface area contributed by atoms with Crippen LogP contribution in [0.4, 0.5) is 5.69 Å². The van der Waals surface area contributed by atoms with Crippen LogP contribution in [-0.2, 0) is 0 Å². The van der Waals surface area contributed by atoms with E-state index in [1.54, 1.807) is 6.07 Å². The Morgan fingerprint density at radius 1 is 1.19 bits per heavy atom. The fraction of sp³-hybridized carbons (Fsp3) is 0.562. The highest BCUT2D eigenvalue weighted by molar-refractivity contribution is 5.96. The minimum Gasteiger partial charge on any atom is -0.487 e. The molecule has 0 N–H and O–H groups in total. The maximum atomic E-state index is 11.8. The number of carbonyl (C=O) groups is 1. The van der Waals surface area contributed by atoms with E-state index in [4.69, 9.17) is 4.74 Å². The average molecular weight is 293 g/mol. The Bertz CT molecular complexity index is 485. The molecule has 0 aliphatic carbocycles. The Hall–Kier alpha value is -1.91. The zero-order valence-electron chi connectivity index (χ0n) is 12.8. The highest BCUT2D eigenvalue weighted by Crippen LogP contribution is 2.28. The number of unbranched alkanes of at least 4 members (excludes halogenated alkanes) is 3. The SMILES string of the molecule is CCCCCCOc1ccc(C(=O)CCC)cc1[N+](=O)[O-]. The summed E-state index contributed by atoms with van der Waals surface area (Å²) in [6.45, 7) is 4.49. The maximum absolute atomic E-state index is 11.8. The van der Waals surface area contributed by atoms with Crippen LogP contribution in [0.25, 0.3) is 0 Å². The number of nitro benzene ring substituents is 1. The van der Waals surface area contributed by atoms with Gasteiger partial charge in [0.15, 0.2) is 11.5 Å². The van der Waals surface area contributed by atoms with Crippen molar-refractivity contribution < 1.29 is 14.5 Å². The van der Waals surface area contributed by atoms with Gasteiger partial charge in [-0.3, -0.25) is 14.9 Å². The molecule has 116 valence electrons. The van der Waals surface area contributed by atoms with Gasteiger partial charge in [-0.05, 0) is 25.0 Å². The Kier molecular flexibility index (Phi) is 7.43. The van der Waals surface area contributed by atoms with Gasteiger partial charge < -0.3 is 4.74 Å². The van der Waals surface area contributed by atoms with Gasteiger partial charge in [0.25, 0.3) is 0 Å². The zero-order chi connectivity index (χ0) is 15.7. The lowest BCUT2D eigenvalue weighted by molar-refractivity contribution is -0.385. The minimum absolute atomic E-state index is 0.0740. The third-order valence-electron chi connectivity index (χ3n) is 3.21. The van der Waals surface area contributed by atoms with E-state index in [0.29, 0.717) is 18.6 Å². The number of nitrogens with zero attached hydrogens (tertiary/aromatic N) is 1. The van der Waals surface area contributed by atoms with Crippen LogP contribution in [0.5, 0.6) is 5.75 Å². The number of nitro groups is 1. The number of benzene rings is 1. The molecule has 0 spiro atoms. The second-order valence-electron chi connectivity index (χ2n) is 5.02. The van der Waals surface area contributed by atoms with E-state index in [9.17, 15) is 14.9 Å². The largest absolute Gasteiger partial charge is 0.487 e. The lowest BCUT2D eigenvalue weighted by atomic mass is 10.1. The van der Waals surface area contributed by atoms with Crippen molar-refractivity contribution in [2.75, 3.05) is 6.61 Å². The summed E-state index contributed by atoms with van der Waals surface area (Å²) < 4.78 is 5.49. The molecule has 5 heteroatoms. The molecule has 5 nitrogen and oxygen atoms in total. The van der Waals surface area contributed by atoms with Crippen LogP contribution in [0.1, 0.15) is 62.7 Å². The van der Waals surface area contributed by atoms with Gasteiger partial charge >= 0.3 is 5.69 Å². The zero-order valence-corrected chi connectivity index (χ0v) is 12.8. The monoisotopic (exact) mass is 293 g/mol. The van der Waals surface area contributed by atoms with Crippen molar-refractivity contribution in [3.8, 4) is 5.75 Å². The first-order valence-electron chi connectivity index (χ1n) is 7.54. The van der Waals surface area contributed by atoms with Gasteiger partial charge in [0, 0.05) is 18.1 Å². The lowest BCUT2D eigenvalue weighted by Gasteiger charge is -2.08. The summed E-state index contributed by atoms with van der Waals surface area (Å²) in [6, 6.07) is 4.45. The molecule has 0 saturated carbocycles. The third kappa shape index (κ3) is 5.53. The van der Waals surface area contributed by atoms with Crippen LogP contribution >= 0.6 is 0 Å². The van der Waals surface area contributed by atoms with E-state index in [0.717, 1.165) is 32.1 Å². The van der Waals surface area contributed by atoms with Gasteiger partial charge in [-0.1, -0.05) is 33.1 Å². The first kappa shape index (κ1) is 17.1. The molecule has 0 aromatic heterocycles. The Morgan fingerprint density at radius 2 is 1.95 bits per heavy atom. The van der Waals surface area contributed by atoms with Crippen molar-refractivity contribution in [2.24, 2.45) is 0 Å². The van der Waals surface area contributed by atoms with E-state index in [1.165, 1.54) is 12.1 Å². The van der Waals surface area contributed by atoms with Gasteiger partial charge in [-0.25, -0.2) is 0 Å². The number of Topliss-reactive ketones (excluding diaryl/α,β-unsaturated/α-hetero) is 1. The summed E-state index contributed by atoms with van der Waals surface area (Å²) in [5.74, 6) is 0.166. The molecule has 1 rings (SSSR count). The average Bonchev–Trinajstić information content (AvgIpc) is 2.47. The molecule has 0 amide bonds. The highest BCUT2D eigenvalue weighted by Gasteiger charge is 2.18. The Morgan fingerprint density at radius 3 is 2.57 bits per heavy atom. The highest BCUT2D eigenvalue weighted by atomic mass is 16.6.